The quantitative estimate of drug-likeness (QED) is 0.579. The van der Waals surface area contributed by atoms with E-state index in [1.165, 1.54) is 18.2 Å². The first kappa shape index (κ1) is 20.3. The van der Waals surface area contributed by atoms with Crippen molar-refractivity contribution in [1.82, 2.24) is 10.4 Å². The molecule has 1 atom stereocenters. The van der Waals surface area contributed by atoms with Crippen molar-refractivity contribution >= 4 is 11.8 Å². The molecule has 2 N–H and O–H groups in total. The maximum atomic E-state index is 12.8. The maximum absolute atomic E-state index is 12.8. The fraction of sp³-hybridized carbons (Fsp3) is 0.364. The van der Waals surface area contributed by atoms with Crippen molar-refractivity contribution in [3.63, 3.8) is 0 Å². The molecule has 158 valence electrons. The van der Waals surface area contributed by atoms with E-state index in [-0.39, 0.29) is 29.3 Å². The molecule has 1 saturated heterocycles. The number of ether oxygens (including phenoxy) is 1. The Balaban J connectivity index is 1.52. The minimum Gasteiger partial charge on any atom is -0.434 e. The summed E-state index contributed by atoms with van der Waals surface area (Å²) in [5, 5.41) is 13.7. The summed E-state index contributed by atoms with van der Waals surface area (Å²) in [6.07, 6.45) is 2.88. The number of halogens is 2. The van der Waals surface area contributed by atoms with Crippen molar-refractivity contribution in [2.75, 3.05) is 6.54 Å². The summed E-state index contributed by atoms with van der Waals surface area (Å²) >= 11 is 0. The molecule has 2 amide bonds. The summed E-state index contributed by atoms with van der Waals surface area (Å²) < 4.78 is 29.6. The largest absolute Gasteiger partial charge is 0.434 e. The molecule has 1 aliphatic heterocycles. The number of hydrogen-bond donors (Lipinski definition) is 2. The second-order valence-electron chi connectivity index (χ2n) is 7.80. The zero-order chi connectivity index (χ0) is 21.3. The molecular weight excluding hydrogens is 394 g/mol. The number of hydrogen-bond acceptors (Lipinski definition) is 4. The third-order valence-electron chi connectivity index (χ3n) is 5.97. The summed E-state index contributed by atoms with van der Waals surface area (Å²) in [4.78, 5) is 25.1. The molecule has 2 aromatic carbocycles. The van der Waals surface area contributed by atoms with Crippen LogP contribution in [-0.4, -0.2) is 35.2 Å². The predicted molar refractivity (Wildman–Crippen MR) is 103 cm³/mol. The SMILES string of the molecule is O=C(c1ccc2c(c1)C[C@]1(CCNC1=O)CC2)N(O)Cc1ccccc1OC(F)F. The van der Waals surface area contributed by atoms with Crippen molar-refractivity contribution in [3.05, 3.63) is 64.7 Å². The highest BCUT2D eigenvalue weighted by atomic mass is 19.3. The monoisotopic (exact) mass is 416 g/mol. The molecule has 1 spiro atoms. The van der Waals surface area contributed by atoms with Gasteiger partial charge in [-0.25, -0.2) is 5.06 Å². The number of fused-ring (bicyclic) bond motifs is 1. The standard InChI is InChI=1S/C22H22F2N2O4/c23-21(24)30-18-4-2-1-3-16(18)13-26(29)19(27)15-6-5-14-7-8-22(12-17(14)11-15)9-10-25-20(22)28/h1-6,11,21,29H,7-10,12-13H2,(H,25,28)/t22-/m1/s1. The number of rotatable bonds is 5. The Morgan fingerprint density at radius 3 is 2.73 bits per heavy atom. The summed E-state index contributed by atoms with van der Waals surface area (Å²) in [5.41, 5.74) is 2.14. The number of benzene rings is 2. The third kappa shape index (κ3) is 3.87. The van der Waals surface area contributed by atoms with Crippen molar-refractivity contribution < 1.29 is 28.3 Å². The lowest BCUT2D eigenvalue weighted by Crippen LogP contribution is -2.36. The first-order chi connectivity index (χ1) is 14.4. The molecule has 0 radical (unpaired) electrons. The highest BCUT2D eigenvalue weighted by molar-refractivity contribution is 5.94. The van der Waals surface area contributed by atoms with E-state index < -0.39 is 17.9 Å². The topological polar surface area (TPSA) is 78.9 Å². The normalized spacial score (nSPS) is 20.2. The minimum atomic E-state index is -3.00. The van der Waals surface area contributed by atoms with Crippen LogP contribution < -0.4 is 10.1 Å². The van der Waals surface area contributed by atoms with E-state index in [0.717, 1.165) is 30.4 Å². The number of hydroxylamine groups is 2. The van der Waals surface area contributed by atoms with E-state index in [2.05, 4.69) is 10.1 Å². The van der Waals surface area contributed by atoms with Crippen LogP contribution in [0.2, 0.25) is 0 Å². The highest BCUT2D eigenvalue weighted by Crippen LogP contribution is 2.41. The number of carbonyl (C=O) groups excluding carboxylic acids is 2. The summed E-state index contributed by atoms with van der Waals surface area (Å²) in [5.74, 6) is -0.691. The zero-order valence-electron chi connectivity index (χ0n) is 16.2. The Bertz CT molecular complexity index is 981. The van der Waals surface area contributed by atoms with Crippen LogP contribution in [0.5, 0.6) is 5.75 Å². The van der Waals surface area contributed by atoms with Gasteiger partial charge in [-0.2, -0.15) is 8.78 Å². The molecule has 1 fully saturated rings. The van der Waals surface area contributed by atoms with Gasteiger partial charge >= 0.3 is 6.61 Å². The Morgan fingerprint density at radius 1 is 1.20 bits per heavy atom. The molecule has 30 heavy (non-hydrogen) atoms. The van der Waals surface area contributed by atoms with Gasteiger partial charge in [-0.15, -0.1) is 0 Å². The van der Waals surface area contributed by atoms with Crippen LogP contribution in [0.25, 0.3) is 0 Å². The Hall–Kier alpha value is -3.00. The molecule has 1 heterocycles. The minimum absolute atomic E-state index is 0.0595. The molecule has 8 heteroatoms. The molecule has 2 aliphatic rings. The zero-order valence-corrected chi connectivity index (χ0v) is 16.2. The molecule has 0 saturated carbocycles. The van der Waals surface area contributed by atoms with Gasteiger partial charge in [-0.3, -0.25) is 14.8 Å². The van der Waals surface area contributed by atoms with E-state index >= 15 is 0 Å². The fourth-order valence-corrected chi connectivity index (χ4v) is 4.35. The molecule has 1 aliphatic carbocycles. The van der Waals surface area contributed by atoms with E-state index in [1.807, 2.05) is 6.07 Å². The number of para-hydroxylation sites is 1. The summed E-state index contributed by atoms with van der Waals surface area (Å²) in [7, 11) is 0. The first-order valence-corrected chi connectivity index (χ1v) is 9.81. The number of alkyl halides is 2. The lowest BCUT2D eigenvalue weighted by Gasteiger charge is -2.32. The Morgan fingerprint density at radius 2 is 2.00 bits per heavy atom. The van der Waals surface area contributed by atoms with Gasteiger partial charge < -0.3 is 10.1 Å². The Labute approximate surface area is 172 Å². The van der Waals surface area contributed by atoms with Crippen LogP contribution in [0.3, 0.4) is 0 Å². The van der Waals surface area contributed by atoms with Crippen LogP contribution in [0.1, 0.15) is 39.9 Å². The molecule has 0 bridgehead atoms. The van der Waals surface area contributed by atoms with E-state index in [0.29, 0.717) is 18.0 Å². The van der Waals surface area contributed by atoms with Crippen molar-refractivity contribution in [2.24, 2.45) is 5.41 Å². The average Bonchev–Trinajstić information content (AvgIpc) is 3.07. The molecule has 2 aromatic rings. The fourth-order valence-electron chi connectivity index (χ4n) is 4.35. The number of amides is 2. The van der Waals surface area contributed by atoms with Crippen molar-refractivity contribution in [3.8, 4) is 5.75 Å². The molecular formula is C22H22F2N2O4. The Kier molecular flexibility index (Phi) is 5.42. The number of nitrogens with zero attached hydrogens (tertiary/aromatic N) is 1. The summed E-state index contributed by atoms with van der Waals surface area (Å²) in [6.45, 7) is -2.64. The van der Waals surface area contributed by atoms with Crippen molar-refractivity contribution in [2.45, 2.75) is 38.8 Å². The van der Waals surface area contributed by atoms with Gasteiger partial charge in [0.2, 0.25) is 5.91 Å². The predicted octanol–water partition coefficient (Wildman–Crippen LogP) is 3.31. The van der Waals surface area contributed by atoms with E-state index in [4.69, 9.17) is 0 Å². The van der Waals surface area contributed by atoms with E-state index in [9.17, 15) is 23.6 Å². The van der Waals surface area contributed by atoms with Crippen LogP contribution in [0.4, 0.5) is 8.78 Å². The van der Waals surface area contributed by atoms with Crippen molar-refractivity contribution in [1.29, 1.82) is 0 Å². The van der Waals surface area contributed by atoms with Gasteiger partial charge in [0, 0.05) is 17.7 Å². The van der Waals surface area contributed by atoms with E-state index in [1.54, 1.807) is 18.2 Å². The second kappa shape index (κ2) is 8.02. The number of aryl methyl sites for hydroxylation is 1. The third-order valence-corrected chi connectivity index (χ3v) is 5.97. The van der Waals surface area contributed by atoms with Gasteiger partial charge in [0.25, 0.3) is 5.91 Å². The van der Waals surface area contributed by atoms with Crippen LogP contribution in [-0.2, 0) is 24.2 Å². The van der Waals surface area contributed by atoms with Crippen LogP contribution >= 0.6 is 0 Å². The smallest absolute Gasteiger partial charge is 0.387 e. The average molecular weight is 416 g/mol. The lowest BCUT2D eigenvalue weighted by molar-refractivity contribution is -0.128. The van der Waals surface area contributed by atoms with Gasteiger partial charge in [0.15, 0.2) is 0 Å². The van der Waals surface area contributed by atoms with Gasteiger partial charge in [-0.1, -0.05) is 24.3 Å². The highest BCUT2D eigenvalue weighted by Gasteiger charge is 2.44. The molecule has 0 unspecified atom stereocenters. The van der Waals surface area contributed by atoms with Crippen LogP contribution in [0, 0.1) is 5.41 Å². The number of carbonyl (C=O) groups is 2. The number of nitrogens with one attached hydrogen (secondary N) is 1. The molecule has 0 aromatic heterocycles. The lowest BCUT2D eigenvalue weighted by atomic mass is 9.70. The van der Waals surface area contributed by atoms with Gasteiger partial charge in [0.05, 0.1) is 12.0 Å². The first-order valence-electron chi connectivity index (χ1n) is 9.81. The molecule has 4 rings (SSSR count). The second-order valence-corrected chi connectivity index (χ2v) is 7.80. The van der Waals surface area contributed by atoms with Gasteiger partial charge in [-0.05, 0) is 55.0 Å². The maximum Gasteiger partial charge on any atom is 0.387 e. The summed E-state index contributed by atoms with van der Waals surface area (Å²) in [6, 6.07) is 11.2. The molecule has 6 nitrogen and oxygen atoms in total. The van der Waals surface area contributed by atoms with Gasteiger partial charge in [0.1, 0.15) is 5.75 Å². The van der Waals surface area contributed by atoms with Crippen LogP contribution in [0.15, 0.2) is 42.5 Å².